The smallest absolute Gasteiger partial charge is 0.121 e. The van der Waals surface area contributed by atoms with Crippen molar-refractivity contribution in [3.8, 4) is 0 Å². The number of aromatic nitrogens is 3. The Bertz CT molecular complexity index is 777. The summed E-state index contributed by atoms with van der Waals surface area (Å²) in [5.74, 6) is 0.987. The summed E-state index contributed by atoms with van der Waals surface area (Å²) in [6, 6.07) is 12.8. The molecule has 1 aromatic carbocycles. The Morgan fingerprint density at radius 1 is 1.12 bits per heavy atom. The summed E-state index contributed by atoms with van der Waals surface area (Å²) in [6.07, 6.45) is 5.47. The average molecular weight is 321 g/mol. The van der Waals surface area contributed by atoms with Gasteiger partial charge in [0, 0.05) is 25.3 Å². The van der Waals surface area contributed by atoms with Gasteiger partial charge in [-0.25, -0.2) is 4.98 Å². The maximum absolute atomic E-state index is 4.58. The van der Waals surface area contributed by atoms with Crippen molar-refractivity contribution in [2.45, 2.75) is 31.8 Å². The molecule has 1 atom stereocenters. The Kier molecular flexibility index (Phi) is 4.53. The van der Waals surface area contributed by atoms with Crippen LogP contribution in [0.25, 0.3) is 11.0 Å². The van der Waals surface area contributed by atoms with Crippen LogP contribution >= 0.6 is 0 Å². The van der Waals surface area contributed by atoms with Crippen LogP contribution in [-0.4, -0.2) is 28.0 Å². The fourth-order valence-corrected chi connectivity index (χ4v) is 3.44. The molecule has 1 aliphatic carbocycles. The SMILES string of the molecule is c1cnc2c(c1)CCCC2NCCNCc1nc2ccccc2[nH]1. The van der Waals surface area contributed by atoms with Gasteiger partial charge in [-0.2, -0.15) is 0 Å². The largest absolute Gasteiger partial charge is 0.341 e. The molecule has 124 valence electrons. The van der Waals surface area contributed by atoms with E-state index >= 15 is 0 Å². The van der Waals surface area contributed by atoms with Crippen LogP contribution < -0.4 is 10.6 Å². The highest BCUT2D eigenvalue weighted by Gasteiger charge is 2.20. The molecule has 0 saturated carbocycles. The maximum Gasteiger partial charge on any atom is 0.121 e. The first kappa shape index (κ1) is 15.3. The van der Waals surface area contributed by atoms with E-state index in [-0.39, 0.29) is 0 Å². The second-order valence-corrected chi connectivity index (χ2v) is 6.32. The molecule has 0 fully saturated rings. The van der Waals surface area contributed by atoms with Crippen LogP contribution in [0.2, 0.25) is 0 Å². The van der Waals surface area contributed by atoms with Crippen LogP contribution in [-0.2, 0) is 13.0 Å². The van der Waals surface area contributed by atoms with E-state index in [0.29, 0.717) is 6.04 Å². The third-order valence-electron chi connectivity index (χ3n) is 4.62. The molecule has 24 heavy (non-hydrogen) atoms. The molecule has 3 N–H and O–H groups in total. The molecule has 5 heteroatoms. The van der Waals surface area contributed by atoms with Crippen molar-refractivity contribution in [3.05, 3.63) is 59.7 Å². The van der Waals surface area contributed by atoms with Gasteiger partial charge < -0.3 is 15.6 Å². The summed E-state index contributed by atoms with van der Waals surface area (Å²) in [5, 5.41) is 7.08. The summed E-state index contributed by atoms with van der Waals surface area (Å²) < 4.78 is 0. The topological polar surface area (TPSA) is 65.6 Å². The van der Waals surface area contributed by atoms with Gasteiger partial charge in [0.15, 0.2) is 0 Å². The third kappa shape index (κ3) is 3.32. The highest BCUT2D eigenvalue weighted by Crippen LogP contribution is 2.27. The zero-order valence-electron chi connectivity index (χ0n) is 13.8. The Morgan fingerprint density at radius 3 is 3.04 bits per heavy atom. The van der Waals surface area contributed by atoms with E-state index in [9.17, 15) is 0 Å². The summed E-state index contributed by atoms with van der Waals surface area (Å²) in [5.41, 5.74) is 4.76. The van der Waals surface area contributed by atoms with E-state index in [0.717, 1.165) is 42.9 Å². The summed E-state index contributed by atoms with van der Waals surface area (Å²) in [4.78, 5) is 12.5. The summed E-state index contributed by atoms with van der Waals surface area (Å²) in [7, 11) is 0. The lowest BCUT2D eigenvalue weighted by molar-refractivity contribution is 0.443. The van der Waals surface area contributed by atoms with E-state index in [2.05, 4.69) is 37.7 Å². The normalized spacial score (nSPS) is 17.1. The van der Waals surface area contributed by atoms with Gasteiger partial charge >= 0.3 is 0 Å². The van der Waals surface area contributed by atoms with E-state index in [1.807, 2.05) is 30.5 Å². The van der Waals surface area contributed by atoms with Crippen molar-refractivity contribution >= 4 is 11.0 Å². The van der Waals surface area contributed by atoms with Crippen LogP contribution in [0.15, 0.2) is 42.6 Å². The summed E-state index contributed by atoms with van der Waals surface area (Å²) >= 11 is 0. The number of para-hydroxylation sites is 2. The first-order chi connectivity index (χ1) is 11.9. The number of pyridine rings is 1. The van der Waals surface area contributed by atoms with Gasteiger partial charge in [-0.05, 0) is 43.0 Å². The van der Waals surface area contributed by atoms with Crippen molar-refractivity contribution in [1.29, 1.82) is 0 Å². The number of aromatic amines is 1. The van der Waals surface area contributed by atoms with E-state index in [4.69, 9.17) is 0 Å². The number of hydrogen-bond donors (Lipinski definition) is 3. The van der Waals surface area contributed by atoms with Crippen LogP contribution in [0, 0.1) is 0 Å². The third-order valence-corrected chi connectivity index (χ3v) is 4.62. The molecule has 0 bridgehead atoms. The molecule has 4 rings (SSSR count). The average Bonchev–Trinajstić information content (AvgIpc) is 3.04. The van der Waals surface area contributed by atoms with E-state index in [1.54, 1.807) is 0 Å². The fraction of sp³-hybridized carbons (Fsp3) is 0.368. The number of H-pyrrole nitrogens is 1. The van der Waals surface area contributed by atoms with Gasteiger partial charge in [-0.15, -0.1) is 0 Å². The number of fused-ring (bicyclic) bond motifs is 2. The monoisotopic (exact) mass is 321 g/mol. The predicted octanol–water partition coefficient (Wildman–Crippen LogP) is 2.71. The second-order valence-electron chi connectivity index (χ2n) is 6.32. The molecule has 0 spiro atoms. The highest BCUT2D eigenvalue weighted by molar-refractivity contribution is 5.74. The number of rotatable bonds is 6. The van der Waals surface area contributed by atoms with Crippen molar-refractivity contribution < 1.29 is 0 Å². The molecule has 2 aromatic heterocycles. The van der Waals surface area contributed by atoms with Gasteiger partial charge in [0.1, 0.15) is 5.82 Å². The van der Waals surface area contributed by atoms with Crippen LogP contribution in [0.4, 0.5) is 0 Å². The molecule has 5 nitrogen and oxygen atoms in total. The molecular weight excluding hydrogens is 298 g/mol. The lowest BCUT2D eigenvalue weighted by Gasteiger charge is -2.25. The molecule has 3 aromatic rings. The van der Waals surface area contributed by atoms with E-state index < -0.39 is 0 Å². The first-order valence-corrected chi connectivity index (χ1v) is 8.72. The molecule has 1 aliphatic rings. The van der Waals surface area contributed by atoms with Gasteiger partial charge in [0.05, 0.1) is 23.3 Å². The van der Waals surface area contributed by atoms with E-state index in [1.165, 1.54) is 24.1 Å². The maximum atomic E-state index is 4.58. The number of nitrogens with one attached hydrogen (secondary N) is 3. The van der Waals surface area contributed by atoms with Gasteiger partial charge in [0.25, 0.3) is 0 Å². The standard InChI is InChI=1S/C19H23N5/c1-2-8-16-15(7-1)23-18(24-16)13-20-11-12-21-17-9-3-5-14-6-4-10-22-19(14)17/h1-2,4,6-8,10,17,20-21H,3,5,9,11-13H2,(H,23,24). The minimum Gasteiger partial charge on any atom is -0.341 e. The predicted molar refractivity (Wildman–Crippen MR) is 95.7 cm³/mol. The highest BCUT2D eigenvalue weighted by atomic mass is 15.0. The molecule has 1 unspecified atom stereocenters. The Hall–Kier alpha value is -2.24. The number of aryl methyl sites for hydroxylation is 1. The molecule has 0 amide bonds. The quantitative estimate of drug-likeness (QED) is 0.611. The Labute approximate surface area is 141 Å². The molecule has 0 saturated heterocycles. The molecular formula is C19H23N5. The Balaban J connectivity index is 1.25. The minimum absolute atomic E-state index is 0.392. The molecule has 0 radical (unpaired) electrons. The number of hydrogen-bond acceptors (Lipinski definition) is 4. The van der Waals surface area contributed by atoms with Gasteiger partial charge in [-0.3, -0.25) is 4.98 Å². The number of imidazole rings is 1. The van der Waals surface area contributed by atoms with Gasteiger partial charge in [0.2, 0.25) is 0 Å². The summed E-state index contributed by atoms with van der Waals surface area (Å²) in [6.45, 7) is 2.60. The van der Waals surface area contributed by atoms with Crippen molar-refractivity contribution in [2.75, 3.05) is 13.1 Å². The second kappa shape index (κ2) is 7.11. The Morgan fingerprint density at radius 2 is 2.08 bits per heavy atom. The first-order valence-electron chi connectivity index (χ1n) is 8.72. The van der Waals surface area contributed by atoms with Crippen molar-refractivity contribution in [1.82, 2.24) is 25.6 Å². The zero-order chi connectivity index (χ0) is 16.2. The molecule has 0 aliphatic heterocycles. The van der Waals surface area contributed by atoms with Crippen LogP contribution in [0.1, 0.15) is 36.0 Å². The van der Waals surface area contributed by atoms with Crippen LogP contribution in [0.5, 0.6) is 0 Å². The van der Waals surface area contributed by atoms with Crippen molar-refractivity contribution in [3.63, 3.8) is 0 Å². The lowest BCUT2D eigenvalue weighted by Crippen LogP contribution is -2.32. The van der Waals surface area contributed by atoms with Crippen molar-refractivity contribution in [2.24, 2.45) is 0 Å². The van der Waals surface area contributed by atoms with Gasteiger partial charge in [-0.1, -0.05) is 18.2 Å². The zero-order valence-corrected chi connectivity index (χ0v) is 13.8. The minimum atomic E-state index is 0.392. The number of nitrogens with zero attached hydrogens (tertiary/aromatic N) is 2. The number of benzene rings is 1. The van der Waals surface area contributed by atoms with Crippen LogP contribution in [0.3, 0.4) is 0 Å². The fourth-order valence-electron chi connectivity index (χ4n) is 3.44. The molecule has 2 heterocycles. The lowest BCUT2D eigenvalue weighted by atomic mass is 9.92.